The molecule has 1 fully saturated rings. The number of hydrogen-bond acceptors (Lipinski definition) is 6. The summed E-state index contributed by atoms with van der Waals surface area (Å²) in [6, 6.07) is 5.03. The number of hydrogen-bond donors (Lipinski definition) is 1. The van der Waals surface area contributed by atoms with Crippen molar-refractivity contribution in [1.29, 1.82) is 0 Å². The molecule has 1 aromatic heterocycles. The average molecular weight is 322 g/mol. The predicted octanol–water partition coefficient (Wildman–Crippen LogP) is 2.31. The summed E-state index contributed by atoms with van der Waals surface area (Å²) >= 11 is 1.58. The van der Waals surface area contributed by atoms with E-state index in [-0.39, 0.29) is 11.9 Å². The van der Waals surface area contributed by atoms with Crippen LogP contribution in [0.25, 0.3) is 11.5 Å². The second-order valence-corrected chi connectivity index (χ2v) is 6.26. The van der Waals surface area contributed by atoms with E-state index in [2.05, 4.69) is 27.4 Å². The fraction of sp³-hybridized carbons (Fsp3) is 0.467. The zero-order valence-corrected chi connectivity index (χ0v) is 13.5. The van der Waals surface area contributed by atoms with Crippen LogP contribution < -0.4 is 5.32 Å². The van der Waals surface area contributed by atoms with Crippen LogP contribution >= 0.6 is 11.8 Å². The van der Waals surface area contributed by atoms with Crippen molar-refractivity contribution in [3.8, 4) is 11.5 Å². The minimum absolute atomic E-state index is 0.109. The zero-order valence-electron chi connectivity index (χ0n) is 12.7. The molecule has 1 aliphatic rings. The first-order valence-electron chi connectivity index (χ1n) is 7.21. The van der Waals surface area contributed by atoms with E-state index in [1.807, 2.05) is 6.26 Å². The van der Waals surface area contributed by atoms with E-state index in [1.165, 1.54) is 6.07 Å². The normalized spacial score (nSPS) is 19.5. The van der Waals surface area contributed by atoms with E-state index < -0.39 is 0 Å². The third kappa shape index (κ3) is 3.16. The summed E-state index contributed by atoms with van der Waals surface area (Å²) in [6.45, 7) is 2.72. The number of piperazine rings is 1. The van der Waals surface area contributed by atoms with Gasteiger partial charge in [-0.2, -0.15) is 16.7 Å². The molecule has 0 bridgehead atoms. The highest BCUT2D eigenvalue weighted by Gasteiger charge is 2.25. The third-order valence-electron chi connectivity index (χ3n) is 3.84. The molecule has 7 heteroatoms. The smallest absolute Gasteiger partial charge is 0.257 e. The molecule has 3 rings (SSSR count). The Labute approximate surface area is 133 Å². The molecule has 118 valence electrons. The summed E-state index contributed by atoms with van der Waals surface area (Å²) in [6.07, 6.45) is 1.95. The Bertz CT molecular complexity index is 648. The van der Waals surface area contributed by atoms with Gasteiger partial charge in [0, 0.05) is 31.0 Å². The summed E-state index contributed by atoms with van der Waals surface area (Å²) in [5, 5.41) is 7.43. The molecule has 1 saturated heterocycles. The topological polar surface area (TPSA) is 54.2 Å². The van der Waals surface area contributed by atoms with Crippen molar-refractivity contribution in [3.05, 3.63) is 35.4 Å². The quantitative estimate of drug-likeness (QED) is 0.932. The van der Waals surface area contributed by atoms with Gasteiger partial charge in [-0.25, -0.2) is 4.39 Å². The first-order valence-corrected chi connectivity index (χ1v) is 8.60. The molecule has 2 aromatic rings. The van der Waals surface area contributed by atoms with Crippen molar-refractivity contribution in [2.24, 2.45) is 0 Å². The van der Waals surface area contributed by atoms with E-state index in [0.29, 0.717) is 23.0 Å². The summed E-state index contributed by atoms with van der Waals surface area (Å²) in [4.78, 5) is 6.70. The van der Waals surface area contributed by atoms with Crippen LogP contribution in [0.15, 0.2) is 22.7 Å². The van der Waals surface area contributed by atoms with Gasteiger partial charge < -0.3 is 9.84 Å². The average Bonchev–Trinajstić information content (AvgIpc) is 3.00. The van der Waals surface area contributed by atoms with Crippen LogP contribution in [-0.4, -0.2) is 48.0 Å². The highest BCUT2D eigenvalue weighted by molar-refractivity contribution is 7.97. The molecule has 1 unspecified atom stereocenters. The van der Waals surface area contributed by atoms with Crippen molar-refractivity contribution < 1.29 is 8.91 Å². The van der Waals surface area contributed by atoms with Crippen molar-refractivity contribution in [2.45, 2.75) is 11.8 Å². The summed E-state index contributed by atoms with van der Waals surface area (Å²) in [5.74, 6) is 1.53. The van der Waals surface area contributed by atoms with Gasteiger partial charge >= 0.3 is 0 Å². The Morgan fingerprint density at radius 3 is 3.14 bits per heavy atom. The minimum Gasteiger partial charge on any atom is -0.334 e. The SMILES string of the molecule is CSCc1cc(-c2nc(C3CNCCN3C)no2)ccc1F. The summed E-state index contributed by atoms with van der Waals surface area (Å²) in [5.41, 5.74) is 1.41. The summed E-state index contributed by atoms with van der Waals surface area (Å²) < 4.78 is 19.1. The number of nitrogens with zero attached hydrogens (tertiary/aromatic N) is 3. The Morgan fingerprint density at radius 2 is 2.36 bits per heavy atom. The van der Waals surface area contributed by atoms with Gasteiger partial charge in [-0.15, -0.1) is 0 Å². The lowest BCUT2D eigenvalue weighted by Crippen LogP contribution is -2.44. The largest absolute Gasteiger partial charge is 0.334 e. The van der Waals surface area contributed by atoms with Gasteiger partial charge in [0.25, 0.3) is 5.89 Å². The van der Waals surface area contributed by atoms with Crippen LogP contribution in [0.1, 0.15) is 17.4 Å². The molecular formula is C15H19FN4OS. The lowest BCUT2D eigenvalue weighted by molar-refractivity contribution is 0.190. The molecule has 5 nitrogen and oxygen atoms in total. The van der Waals surface area contributed by atoms with Crippen LogP contribution in [0.2, 0.25) is 0 Å². The minimum atomic E-state index is -0.200. The lowest BCUT2D eigenvalue weighted by atomic mass is 10.1. The molecule has 0 radical (unpaired) electrons. The zero-order chi connectivity index (χ0) is 15.5. The Hall–Kier alpha value is -1.44. The van der Waals surface area contributed by atoms with Crippen LogP contribution in [0, 0.1) is 5.82 Å². The number of likely N-dealkylation sites (N-methyl/N-ethyl adjacent to an activating group) is 1. The Morgan fingerprint density at radius 1 is 1.50 bits per heavy atom. The third-order valence-corrected chi connectivity index (χ3v) is 4.44. The molecular weight excluding hydrogens is 303 g/mol. The van der Waals surface area contributed by atoms with E-state index in [1.54, 1.807) is 23.9 Å². The number of benzene rings is 1. The number of halogens is 1. The van der Waals surface area contributed by atoms with Crippen LogP contribution in [-0.2, 0) is 5.75 Å². The number of thioether (sulfide) groups is 1. The molecule has 2 heterocycles. The van der Waals surface area contributed by atoms with Gasteiger partial charge in [0.15, 0.2) is 5.82 Å². The maximum absolute atomic E-state index is 13.7. The second-order valence-electron chi connectivity index (χ2n) is 5.40. The highest BCUT2D eigenvalue weighted by Crippen LogP contribution is 2.25. The molecule has 1 aliphatic heterocycles. The van der Waals surface area contributed by atoms with Crippen molar-refractivity contribution in [1.82, 2.24) is 20.4 Å². The van der Waals surface area contributed by atoms with Gasteiger partial charge in [0.1, 0.15) is 5.82 Å². The molecule has 0 aliphatic carbocycles. The highest BCUT2D eigenvalue weighted by atomic mass is 32.2. The Kier molecular flexibility index (Phi) is 4.75. The van der Waals surface area contributed by atoms with Gasteiger partial charge in [0.05, 0.1) is 6.04 Å². The predicted molar refractivity (Wildman–Crippen MR) is 85.2 cm³/mol. The maximum atomic E-state index is 13.7. The number of rotatable bonds is 4. The van der Waals surface area contributed by atoms with Gasteiger partial charge in [-0.3, -0.25) is 4.90 Å². The maximum Gasteiger partial charge on any atom is 0.257 e. The molecule has 0 amide bonds. The van der Waals surface area contributed by atoms with E-state index >= 15 is 0 Å². The standard InChI is InChI=1S/C15H19FN4OS/c1-20-6-5-17-8-13(20)14-18-15(21-19-14)10-3-4-12(16)11(7-10)9-22-2/h3-4,7,13,17H,5-6,8-9H2,1-2H3. The second kappa shape index (κ2) is 6.76. The van der Waals surface area contributed by atoms with Gasteiger partial charge in [-0.05, 0) is 37.1 Å². The van der Waals surface area contributed by atoms with E-state index in [0.717, 1.165) is 25.2 Å². The van der Waals surface area contributed by atoms with Crippen LogP contribution in [0.5, 0.6) is 0 Å². The van der Waals surface area contributed by atoms with Crippen molar-refractivity contribution in [2.75, 3.05) is 32.9 Å². The van der Waals surface area contributed by atoms with Crippen LogP contribution in [0.3, 0.4) is 0 Å². The molecule has 0 saturated carbocycles. The first-order chi connectivity index (χ1) is 10.7. The lowest BCUT2D eigenvalue weighted by Gasteiger charge is -2.30. The van der Waals surface area contributed by atoms with Gasteiger partial charge in [-0.1, -0.05) is 5.16 Å². The fourth-order valence-electron chi connectivity index (χ4n) is 2.56. The number of aromatic nitrogens is 2. The Balaban J connectivity index is 1.85. The van der Waals surface area contributed by atoms with Crippen LogP contribution in [0.4, 0.5) is 4.39 Å². The van der Waals surface area contributed by atoms with Gasteiger partial charge in [0.2, 0.25) is 0 Å². The molecule has 1 N–H and O–H groups in total. The molecule has 0 spiro atoms. The van der Waals surface area contributed by atoms with E-state index in [9.17, 15) is 4.39 Å². The number of nitrogens with one attached hydrogen (secondary N) is 1. The van der Waals surface area contributed by atoms with Crippen molar-refractivity contribution >= 4 is 11.8 Å². The molecule has 22 heavy (non-hydrogen) atoms. The molecule has 1 atom stereocenters. The van der Waals surface area contributed by atoms with Crippen molar-refractivity contribution in [3.63, 3.8) is 0 Å². The summed E-state index contributed by atoms with van der Waals surface area (Å²) in [7, 11) is 2.05. The monoisotopic (exact) mass is 322 g/mol. The first kappa shape index (κ1) is 15.5. The van der Waals surface area contributed by atoms with E-state index in [4.69, 9.17) is 4.52 Å². The fourth-order valence-corrected chi connectivity index (χ4v) is 3.09. The molecule has 1 aromatic carbocycles.